The predicted octanol–water partition coefficient (Wildman–Crippen LogP) is 2.76. The number of carbonyl (C=O) groups is 1. The monoisotopic (exact) mass is 343 g/mol. The first-order chi connectivity index (χ1) is 11.2. The highest BCUT2D eigenvalue weighted by atomic mass is 32.1. The smallest absolute Gasteiger partial charge is 0.273 e. The summed E-state index contributed by atoms with van der Waals surface area (Å²) in [6, 6.07) is 5.60. The third kappa shape index (κ3) is 2.73. The molecule has 0 aromatic carbocycles. The maximum atomic E-state index is 12.7. The first-order valence-corrected chi connectivity index (χ1v) is 8.96. The molecule has 3 aromatic heterocycles. The second-order valence-corrected chi connectivity index (χ2v) is 7.15. The van der Waals surface area contributed by atoms with Crippen LogP contribution >= 0.6 is 22.7 Å². The number of thiazole rings is 1. The Morgan fingerprint density at radius 1 is 1.30 bits per heavy atom. The molecule has 0 fully saturated rings. The minimum Gasteiger partial charge on any atom is -0.333 e. The number of carbonyl (C=O) groups excluding carboxylic acids is 1. The summed E-state index contributed by atoms with van der Waals surface area (Å²) in [5, 5.41) is 4.70. The number of hydrogen-bond acceptors (Lipinski definition) is 5. The molecule has 4 rings (SSSR count). The molecule has 116 valence electrons. The number of amides is 1. The maximum absolute atomic E-state index is 12.7. The Labute approximate surface area is 140 Å². The van der Waals surface area contributed by atoms with Crippen molar-refractivity contribution in [3.8, 4) is 9.88 Å². The number of nitrogens with zero attached hydrogens (tertiary/aromatic N) is 2. The van der Waals surface area contributed by atoms with Gasteiger partial charge in [-0.25, -0.2) is 4.98 Å². The van der Waals surface area contributed by atoms with Crippen LogP contribution in [0.25, 0.3) is 9.88 Å². The SMILES string of the molecule is O=C(c1csc(-c2cccs2)n1)N1CCc2cc(=O)[nH]cc2C1. The van der Waals surface area contributed by atoms with Crippen molar-refractivity contribution >= 4 is 28.6 Å². The zero-order valence-corrected chi connectivity index (χ0v) is 13.7. The molecule has 1 aliphatic rings. The molecule has 1 N–H and O–H groups in total. The average Bonchev–Trinajstić information content (AvgIpc) is 3.24. The number of thiophene rings is 1. The van der Waals surface area contributed by atoms with Crippen molar-refractivity contribution in [2.75, 3.05) is 6.54 Å². The lowest BCUT2D eigenvalue weighted by atomic mass is 10.0. The van der Waals surface area contributed by atoms with Crippen LogP contribution in [-0.4, -0.2) is 27.3 Å². The van der Waals surface area contributed by atoms with Crippen molar-refractivity contribution in [1.29, 1.82) is 0 Å². The fourth-order valence-corrected chi connectivity index (χ4v) is 4.29. The van der Waals surface area contributed by atoms with E-state index in [9.17, 15) is 9.59 Å². The van der Waals surface area contributed by atoms with E-state index in [1.807, 2.05) is 22.9 Å². The van der Waals surface area contributed by atoms with E-state index in [0.717, 1.165) is 21.0 Å². The molecule has 1 amide bonds. The summed E-state index contributed by atoms with van der Waals surface area (Å²) in [7, 11) is 0. The summed E-state index contributed by atoms with van der Waals surface area (Å²) < 4.78 is 0. The Morgan fingerprint density at radius 3 is 3.04 bits per heavy atom. The van der Waals surface area contributed by atoms with E-state index in [0.29, 0.717) is 25.2 Å². The molecule has 0 aliphatic carbocycles. The molecule has 0 radical (unpaired) electrons. The number of aromatic amines is 1. The van der Waals surface area contributed by atoms with Crippen LogP contribution in [0.15, 0.2) is 40.0 Å². The largest absolute Gasteiger partial charge is 0.333 e. The molecule has 0 saturated heterocycles. The maximum Gasteiger partial charge on any atom is 0.273 e. The van der Waals surface area contributed by atoms with Crippen LogP contribution in [0.3, 0.4) is 0 Å². The third-order valence-corrected chi connectivity index (χ3v) is 5.74. The van der Waals surface area contributed by atoms with E-state index >= 15 is 0 Å². The van der Waals surface area contributed by atoms with Crippen LogP contribution in [-0.2, 0) is 13.0 Å². The van der Waals surface area contributed by atoms with E-state index < -0.39 is 0 Å². The topological polar surface area (TPSA) is 66.1 Å². The lowest BCUT2D eigenvalue weighted by Crippen LogP contribution is -2.36. The molecule has 0 saturated carbocycles. The lowest BCUT2D eigenvalue weighted by Gasteiger charge is -2.27. The van der Waals surface area contributed by atoms with Gasteiger partial charge in [0.25, 0.3) is 5.91 Å². The zero-order chi connectivity index (χ0) is 15.8. The van der Waals surface area contributed by atoms with Crippen molar-refractivity contribution in [3.05, 3.63) is 62.3 Å². The molecule has 5 nitrogen and oxygen atoms in total. The summed E-state index contributed by atoms with van der Waals surface area (Å²) >= 11 is 3.11. The number of aromatic nitrogens is 2. The summed E-state index contributed by atoms with van der Waals surface area (Å²) in [6.07, 6.45) is 2.40. The molecule has 7 heteroatoms. The van der Waals surface area contributed by atoms with Crippen molar-refractivity contribution < 1.29 is 4.79 Å². The first kappa shape index (κ1) is 14.3. The fraction of sp³-hybridized carbons (Fsp3) is 0.188. The van der Waals surface area contributed by atoms with Gasteiger partial charge in [0.1, 0.15) is 10.7 Å². The van der Waals surface area contributed by atoms with Gasteiger partial charge in [0, 0.05) is 30.7 Å². The minimum atomic E-state index is -0.0939. The van der Waals surface area contributed by atoms with Gasteiger partial charge in [-0.3, -0.25) is 9.59 Å². The van der Waals surface area contributed by atoms with Gasteiger partial charge in [-0.2, -0.15) is 0 Å². The van der Waals surface area contributed by atoms with Crippen molar-refractivity contribution in [2.24, 2.45) is 0 Å². The highest BCUT2D eigenvalue weighted by molar-refractivity contribution is 7.20. The Bertz CT molecular complexity index is 912. The van der Waals surface area contributed by atoms with Gasteiger partial charge in [-0.15, -0.1) is 22.7 Å². The molecule has 0 bridgehead atoms. The molecule has 4 heterocycles. The highest BCUT2D eigenvalue weighted by Gasteiger charge is 2.24. The second kappa shape index (κ2) is 5.75. The van der Waals surface area contributed by atoms with Gasteiger partial charge < -0.3 is 9.88 Å². The minimum absolute atomic E-state index is 0.0547. The van der Waals surface area contributed by atoms with Crippen molar-refractivity contribution in [1.82, 2.24) is 14.9 Å². The van der Waals surface area contributed by atoms with Crippen molar-refractivity contribution in [2.45, 2.75) is 13.0 Å². The van der Waals surface area contributed by atoms with Crippen LogP contribution in [0.1, 0.15) is 21.6 Å². The van der Waals surface area contributed by atoms with Gasteiger partial charge in [0.15, 0.2) is 0 Å². The summed E-state index contributed by atoms with van der Waals surface area (Å²) in [4.78, 5) is 34.0. The second-order valence-electron chi connectivity index (χ2n) is 5.34. The Kier molecular flexibility index (Phi) is 3.59. The molecular formula is C16H13N3O2S2. The lowest BCUT2D eigenvalue weighted by molar-refractivity contribution is 0.0729. The average molecular weight is 343 g/mol. The normalized spacial score (nSPS) is 13.8. The standard InChI is InChI=1S/C16H13N3O2S2/c20-14-6-10-3-4-19(8-11(10)7-17-14)16(21)12-9-23-15(18-12)13-2-1-5-22-13/h1-2,5-7,9H,3-4,8H2,(H,17,20). The van der Waals surface area contributed by atoms with E-state index in [2.05, 4.69) is 9.97 Å². The molecule has 1 aliphatic heterocycles. The molecule has 0 spiro atoms. The van der Waals surface area contributed by atoms with E-state index in [1.165, 1.54) is 11.3 Å². The number of H-pyrrole nitrogens is 1. The van der Waals surface area contributed by atoms with Crippen LogP contribution in [0.2, 0.25) is 0 Å². The van der Waals surface area contributed by atoms with Gasteiger partial charge in [-0.1, -0.05) is 6.07 Å². The number of pyridine rings is 1. The third-order valence-electron chi connectivity index (χ3n) is 3.86. The van der Waals surface area contributed by atoms with E-state index in [-0.39, 0.29) is 11.5 Å². The van der Waals surface area contributed by atoms with Crippen LogP contribution in [0, 0.1) is 0 Å². The van der Waals surface area contributed by atoms with Gasteiger partial charge in [-0.05, 0) is 29.0 Å². The number of fused-ring (bicyclic) bond motifs is 1. The summed E-state index contributed by atoms with van der Waals surface area (Å²) in [6.45, 7) is 1.12. The van der Waals surface area contributed by atoms with Crippen LogP contribution < -0.4 is 5.56 Å². The quantitative estimate of drug-likeness (QED) is 0.778. The molecule has 23 heavy (non-hydrogen) atoms. The van der Waals surface area contributed by atoms with Crippen molar-refractivity contribution in [3.63, 3.8) is 0 Å². The zero-order valence-electron chi connectivity index (χ0n) is 12.1. The fourth-order valence-electron chi connectivity index (χ4n) is 2.68. The van der Waals surface area contributed by atoms with E-state index in [1.54, 1.807) is 28.5 Å². The molecular weight excluding hydrogens is 330 g/mol. The Hall–Kier alpha value is -2.25. The predicted molar refractivity (Wildman–Crippen MR) is 90.9 cm³/mol. The van der Waals surface area contributed by atoms with E-state index in [4.69, 9.17) is 0 Å². The Balaban J connectivity index is 1.56. The van der Waals surface area contributed by atoms with Crippen LogP contribution in [0.4, 0.5) is 0 Å². The van der Waals surface area contributed by atoms with Crippen LogP contribution in [0.5, 0.6) is 0 Å². The van der Waals surface area contributed by atoms with Gasteiger partial charge >= 0.3 is 0 Å². The summed E-state index contributed by atoms with van der Waals surface area (Å²) in [5.74, 6) is -0.0547. The van der Waals surface area contributed by atoms with Gasteiger partial charge in [0.05, 0.1) is 4.88 Å². The first-order valence-electron chi connectivity index (χ1n) is 7.20. The number of nitrogens with one attached hydrogen (secondary N) is 1. The molecule has 0 atom stereocenters. The molecule has 0 unspecified atom stereocenters. The number of rotatable bonds is 2. The highest BCUT2D eigenvalue weighted by Crippen LogP contribution is 2.28. The van der Waals surface area contributed by atoms with Gasteiger partial charge in [0.2, 0.25) is 5.56 Å². The summed E-state index contributed by atoms with van der Waals surface area (Å²) in [5.41, 5.74) is 2.42. The number of hydrogen-bond donors (Lipinski definition) is 1. The Morgan fingerprint density at radius 2 is 2.22 bits per heavy atom. The molecule has 3 aromatic rings.